The van der Waals surface area contributed by atoms with E-state index in [1.54, 1.807) is 67.8 Å². The summed E-state index contributed by atoms with van der Waals surface area (Å²) in [6.45, 7) is 0. The van der Waals surface area contributed by atoms with Crippen molar-refractivity contribution in [3.63, 3.8) is 0 Å². The molecule has 0 bridgehead atoms. The largest absolute Gasteiger partial charge is 0.497 e. The molecule has 4 aromatic rings. The van der Waals surface area contributed by atoms with Crippen LogP contribution in [0.5, 0.6) is 17.2 Å². The van der Waals surface area contributed by atoms with Gasteiger partial charge in [-0.3, -0.25) is 14.2 Å². The summed E-state index contributed by atoms with van der Waals surface area (Å²) < 4.78 is 17.3. The van der Waals surface area contributed by atoms with Crippen molar-refractivity contribution in [3.8, 4) is 22.9 Å². The van der Waals surface area contributed by atoms with Crippen LogP contribution in [0.2, 0.25) is 0 Å². The van der Waals surface area contributed by atoms with E-state index in [4.69, 9.17) is 14.2 Å². The molecule has 0 aliphatic rings. The number of methoxy groups -OCH3 is 3. The van der Waals surface area contributed by atoms with E-state index in [1.165, 1.54) is 30.5 Å². The molecule has 0 aliphatic carbocycles. The number of thioether (sulfide) groups is 1. The number of para-hydroxylation sites is 1. The number of benzene rings is 3. The molecule has 168 valence electrons. The number of rotatable bonds is 8. The maximum atomic E-state index is 13.4. The number of nitrogens with zero attached hydrogens (tertiary/aromatic N) is 2. The van der Waals surface area contributed by atoms with E-state index in [-0.39, 0.29) is 17.1 Å². The summed E-state index contributed by atoms with van der Waals surface area (Å²) in [5.74, 6) is 1.59. The molecule has 0 radical (unpaired) electrons. The quantitative estimate of drug-likeness (QED) is 0.218. The minimum atomic E-state index is -0.209. The Kier molecular flexibility index (Phi) is 6.65. The predicted molar refractivity (Wildman–Crippen MR) is 128 cm³/mol. The second kappa shape index (κ2) is 9.79. The lowest BCUT2D eigenvalue weighted by Gasteiger charge is -2.14. The SMILES string of the molecule is COc1ccc(-n2c(SCC(=O)c3cc(OC)ccc3OC)nc3ccccc3c2=O)cc1. The van der Waals surface area contributed by atoms with E-state index in [0.29, 0.717) is 44.6 Å². The smallest absolute Gasteiger partial charge is 0.266 e. The van der Waals surface area contributed by atoms with Gasteiger partial charge in [0.2, 0.25) is 0 Å². The number of Topliss-reactive ketones (excluding diaryl/α,β-unsaturated/α-hetero) is 1. The molecule has 1 aromatic heterocycles. The van der Waals surface area contributed by atoms with E-state index in [1.807, 2.05) is 6.07 Å². The lowest BCUT2D eigenvalue weighted by Crippen LogP contribution is -2.22. The third kappa shape index (κ3) is 4.56. The van der Waals surface area contributed by atoms with Gasteiger partial charge in [-0.1, -0.05) is 23.9 Å². The van der Waals surface area contributed by atoms with Crippen LogP contribution in [0.4, 0.5) is 0 Å². The van der Waals surface area contributed by atoms with Crippen molar-refractivity contribution in [2.75, 3.05) is 27.1 Å². The van der Waals surface area contributed by atoms with Crippen molar-refractivity contribution in [2.45, 2.75) is 5.16 Å². The van der Waals surface area contributed by atoms with Gasteiger partial charge in [0.1, 0.15) is 17.2 Å². The number of ketones is 1. The normalized spacial score (nSPS) is 10.8. The number of hydrogen-bond donors (Lipinski definition) is 0. The van der Waals surface area contributed by atoms with Crippen LogP contribution >= 0.6 is 11.8 Å². The van der Waals surface area contributed by atoms with Gasteiger partial charge in [0, 0.05) is 0 Å². The molecule has 0 amide bonds. The van der Waals surface area contributed by atoms with Gasteiger partial charge in [-0.15, -0.1) is 0 Å². The van der Waals surface area contributed by atoms with Crippen LogP contribution in [0.25, 0.3) is 16.6 Å². The molecule has 0 fully saturated rings. The third-order valence-corrected chi connectivity index (χ3v) is 6.05. The average Bonchev–Trinajstić information content (AvgIpc) is 2.87. The summed E-state index contributed by atoms with van der Waals surface area (Å²) in [5, 5.41) is 0.914. The minimum absolute atomic E-state index is 0.0600. The molecule has 0 saturated carbocycles. The zero-order valence-corrected chi connectivity index (χ0v) is 19.2. The highest BCUT2D eigenvalue weighted by Crippen LogP contribution is 2.28. The zero-order valence-electron chi connectivity index (χ0n) is 18.4. The average molecular weight is 463 g/mol. The number of ether oxygens (including phenoxy) is 3. The fraction of sp³-hybridized carbons (Fsp3) is 0.160. The van der Waals surface area contributed by atoms with Crippen LogP contribution < -0.4 is 19.8 Å². The first-order valence-electron chi connectivity index (χ1n) is 10.1. The van der Waals surface area contributed by atoms with E-state index < -0.39 is 0 Å². The minimum Gasteiger partial charge on any atom is -0.497 e. The monoisotopic (exact) mass is 462 g/mol. The van der Waals surface area contributed by atoms with Crippen LogP contribution in [0.1, 0.15) is 10.4 Å². The van der Waals surface area contributed by atoms with Gasteiger partial charge in [-0.05, 0) is 54.6 Å². The molecule has 33 heavy (non-hydrogen) atoms. The Morgan fingerprint density at radius 1 is 0.909 bits per heavy atom. The van der Waals surface area contributed by atoms with Crippen molar-refractivity contribution < 1.29 is 19.0 Å². The summed E-state index contributed by atoms with van der Waals surface area (Å²) >= 11 is 1.19. The van der Waals surface area contributed by atoms with Gasteiger partial charge >= 0.3 is 0 Å². The maximum Gasteiger partial charge on any atom is 0.266 e. The van der Waals surface area contributed by atoms with Gasteiger partial charge in [0.05, 0.1) is 49.2 Å². The highest BCUT2D eigenvalue weighted by Gasteiger charge is 2.18. The van der Waals surface area contributed by atoms with Crippen molar-refractivity contribution in [2.24, 2.45) is 0 Å². The van der Waals surface area contributed by atoms with E-state index in [0.717, 1.165) is 0 Å². The van der Waals surface area contributed by atoms with Crippen molar-refractivity contribution in [1.29, 1.82) is 0 Å². The van der Waals surface area contributed by atoms with Crippen molar-refractivity contribution in [1.82, 2.24) is 9.55 Å². The number of hydrogen-bond acceptors (Lipinski definition) is 7. The molecule has 0 unspecified atom stereocenters. The second-order valence-corrected chi connectivity index (χ2v) is 7.97. The molecule has 0 aliphatic heterocycles. The fourth-order valence-electron chi connectivity index (χ4n) is 3.41. The lowest BCUT2D eigenvalue weighted by molar-refractivity contribution is 0.101. The summed E-state index contributed by atoms with van der Waals surface area (Å²) in [6, 6.07) is 19.3. The molecule has 0 spiro atoms. The van der Waals surface area contributed by atoms with Crippen LogP contribution in [0.3, 0.4) is 0 Å². The number of aromatic nitrogens is 2. The molecule has 0 N–H and O–H groups in total. The first kappa shape index (κ1) is 22.4. The summed E-state index contributed by atoms with van der Waals surface area (Å²) in [7, 11) is 4.63. The highest BCUT2D eigenvalue weighted by molar-refractivity contribution is 7.99. The standard InChI is InChI=1S/C25H22N2O5S/c1-30-17-10-8-16(9-11-17)27-24(29)19-6-4-5-7-21(19)26-25(27)33-15-22(28)20-14-18(31-2)12-13-23(20)32-3/h4-14H,15H2,1-3H3. The molecule has 7 nitrogen and oxygen atoms in total. The van der Waals surface area contributed by atoms with Crippen LogP contribution in [-0.2, 0) is 0 Å². The van der Waals surface area contributed by atoms with E-state index in [9.17, 15) is 9.59 Å². The Balaban J connectivity index is 1.74. The molecule has 3 aromatic carbocycles. The topological polar surface area (TPSA) is 79.7 Å². The van der Waals surface area contributed by atoms with Gasteiger partial charge in [-0.2, -0.15) is 0 Å². The van der Waals surface area contributed by atoms with Gasteiger partial charge < -0.3 is 14.2 Å². The number of carbonyl (C=O) groups excluding carboxylic acids is 1. The van der Waals surface area contributed by atoms with E-state index >= 15 is 0 Å². The van der Waals surface area contributed by atoms with Crippen molar-refractivity contribution in [3.05, 3.63) is 82.6 Å². The number of carbonyl (C=O) groups is 1. The molecule has 0 atom stereocenters. The molecular formula is C25H22N2O5S. The van der Waals surface area contributed by atoms with E-state index in [2.05, 4.69) is 4.98 Å². The molecular weight excluding hydrogens is 440 g/mol. The Hall–Kier alpha value is -3.78. The first-order chi connectivity index (χ1) is 16.0. The Bertz CT molecular complexity index is 1370. The summed E-state index contributed by atoms with van der Waals surface area (Å²) in [4.78, 5) is 31.1. The molecule has 4 rings (SSSR count). The van der Waals surface area contributed by atoms with Gasteiger partial charge in [0.15, 0.2) is 10.9 Å². The Morgan fingerprint density at radius 2 is 1.61 bits per heavy atom. The maximum absolute atomic E-state index is 13.4. The number of fused-ring (bicyclic) bond motifs is 1. The predicted octanol–water partition coefficient (Wildman–Crippen LogP) is 4.39. The summed E-state index contributed by atoms with van der Waals surface area (Å²) in [5.41, 5.74) is 1.40. The second-order valence-electron chi connectivity index (χ2n) is 7.03. The van der Waals surface area contributed by atoms with Gasteiger partial charge in [0.25, 0.3) is 5.56 Å². The third-order valence-electron chi connectivity index (χ3n) is 5.11. The Labute approximate surface area is 194 Å². The van der Waals surface area contributed by atoms with Crippen LogP contribution in [-0.4, -0.2) is 42.4 Å². The van der Waals surface area contributed by atoms with Crippen molar-refractivity contribution >= 4 is 28.4 Å². The molecule has 0 saturated heterocycles. The summed E-state index contributed by atoms with van der Waals surface area (Å²) in [6.07, 6.45) is 0. The highest BCUT2D eigenvalue weighted by atomic mass is 32.2. The lowest BCUT2D eigenvalue weighted by atomic mass is 10.1. The van der Waals surface area contributed by atoms with Crippen LogP contribution in [0, 0.1) is 0 Å². The Morgan fingerprint density at radius 3 is 2.30 bits per heavy atom. The van der Waals surface area contributed by atoms with Crippen LogP contribution in [0.15, 0.2) is 76.7 Å². The molecule has 1 heterocycles. The van der Waals surface area contributed by atoms with Gasteiger partial charge in [-0.25, -0.2) is 4.98 Å². The zero-order chi connectivity index (χ0) is 23.4. The first-order valence-corrected chi connectivity index (χ1v) is 11.1. The fourth-order valence-corrected chi connectivity index (χ4v) is 4.30. The molecule has 8 heteroatoms.